The summed E-state index contributed by atoms with van der Waals surface area (Å²) < 4.78 is 6.06. The van der Waals surface area contributed by atoms with Crippen molar-refractivity contribution in [2.75, 3.05) is 0 Å². The largest absolute Gasteiger partial charge is 0.507 e. The van der Waals surface area contributed by atoms with Crippen LogP contribution in [-0.4, -0.2) is 63.2 Å². The average molecular weight is 617 g/mol. The number of aliphatic carboxylic acids is 1. The highest BCUT2D eigenvalue weighted by Gasteiger charge is 2.34. The van der Waals surface area contributed by atoms with E-state index in [1.54, 1.807) is 49.4 Å². The fraction of sp³-hybridized carbons (Fsp3) is 0.333. The van der Waals surface area contributed by atoms with Crippen LogP contribution in [0.4, 0.5) is 0 Å². The van der Waals surface area contributed by atoms with Gasteiger partial charge in [0, 0.05) is 24.0 Å². The van der Waals surface area contributed by atoms with Gasteiger partial charge in [-0.1, -0.05) is 38.5 Å². The number of nitrogens with two attached hydrogens (primary N) is 1. The van der Waals surface area contributed by atoms with Gasteiger partial charge in [0.15, 0.2) is 11.5 Å². The predicted molar refractivity (Wildman–Crippen MR) is 164 cm³/mol. The van der Waals surface area contributed by atoms with E-state index in [4.69, 9.17) is 10.5 Å². The molecule has 3 heterocycles. The molecule has 3 aromatic carbocycles. The molecule has 3 aromatic rings. The van der Waals surface area contributed by atoms with Gasteiger partial charge >= 0.3 is 5.97 Å². The molecule has 8 N–H and O–H groups in total. The average Bonchev–Trinajstić information content (AvgIpc) is 3.01. The smallest absolute Gasteiger partial charge is 0.326 e. The molecule has 8 bridgehead atoms. The highest BCUT2D eigenvalue weighted by molar-refractivity contribution is 5.94. The van der Waals surface area contributed by atoms with Crippen LogP contribution in [-0.2, 0) is 38.4 Å². The molecule has 5 atom stereocenters. The number of benzene rings is 3. The van der Waals surface area contributed by atoms with Crippen molar-refractivity contribution in [3.63, 3.8) is 0 Å². The molecule has 3 aliphatic rings. The lowest BCUT2D eigenvalue weighted by Gasteiger charge is -2.28. The quantitative estimate of drug-likeness (QED) is 0.230. The Balaban J connectivity index is 1.72. The van der Waals surface area contributed by atoms with Crippen LogP contribution in [0.3, 0.4) is 0 Å². The lowest BCUT2D eigenvalue weighted by molar-refractivity contribution is -0.142. The molecule has 0 saturated carbocycles. The summed E-state index contributed by atoms with van der Waals surface area (Å²) in [4.78, 5) is 52.9. The van der Waals surface area contributed by atoms with Crippen molar-refractivity contribution in [3.8, 4) is 34.1 Å². The lowest BCUT2D eigenvalue weighted by Crippen LogP contribution is -2.59. The zero-order valence-corrected chi connectivity index (χ0v) is 24.9. The number of hydrogen-bond donors (Lipinski definition) is 7. The standard InChI is InChI=1S/C33H36N4O8/c1-3-16(2)28-32(42)35-24-14-19-11-22(21-10-18(6-9-26(21)38)12-23(34)30(40)37-28)29(39)27(15-19)45-20-7-4-17(5-8-20)13-25(33(43)44)36-31(24)41/h4-11,15-16,23-25,28,38-39H,3,12-14,34H2,1-2H3,(H,35,42)(H,36,41)(H,37,40)(H,43,44)/t16-,23+,24+,25-,28+/m1/s1. The summed E-state index contributed by atoms with van der Waals surface area (Å²) in [6.07, 6.45) is 0.396. The van der Waals surface area contributed by atoms with Crippen LogP contribution in [0.1, 0.15) is 37.0 Å². The Morgan fingerprint density at radius 2 is 1.56 bits per heavy atom. The molecule has 0 unspecified atom stereocenters. The summed E-state index contributed by atoms with van der Waals surface area (Å²) in [6, 6.07) is 9.54. The topological polar surface area (TPSA) is 200 Å². The summed E-state index contributed by atoms with van der Waals surface area (Å²) in [5, 5.41) is 40.2. The van der Waals surface area contributed by atoms with Gasteiger partial charge < -0.3 is 41.7 Å². The van der Waals surface area contributed by atoms with E-state index in [0.717, 1.165) is 0 Å². The molecule has 12 heteroatoms. The van der Waals surface area contributed by atoms with Gasteiger partial charge in [-0.25, -0.2) is 4.79 Å². The fourth-order valence-corrected chi connectivity index (χ4v) is 5.54. The van der Waals surface area contributed by atoms with E-state index >= 15 is 0 Å². The third kappa shape index (κ3) is 6.86. The van der Waals surface area contributed by atoms with Crippen LogP contribution >= 0.6 is 0 Å². The minimum Gasteiger partial charge on any atom is -0.507 e. The summed E-state index contributed by atoms with van der Waals surface area (Å²) >= 11 is 0. The van der Waals surface area contributed by atoms with E-state index in [2.05, 4.69) is 16.0 Å². The van der Waals surface area contributed by atoms with Crippen LogP contribution in [0, 0.1) is 5.92 Å². The van der Waals surface area contributed by atoms with E-state index in [0.29, 0.717) is 28.9 Å². The minimum absolute atomic E-state index is 0.0290. The van der Waals surface area contributed by atoms with Crippen molar-refractivity contribution in [3.05, 3.63) is 71.3 Å². The molecule has 0 saturated heterocycles. The van der Waals surface area contributed by atoms with Crippen LogP contribution in [0.15, 0.2) is 54.6 Å². The summed E-state index contributed by atoms with van der Waals surface area (Å²) in [5.41, 5.74) is 8.28. The molecule has 6 rings (SSSR count). The zero-order valence-electron chi connectivity index (χ0n) is 24.9. The number of amides is 3. The Morgan fingerprint density at radius 3 is 2.24 bits per heavy atom. The van der Waals surface area contributed by atoms with Crippen LogP contribution in [0.5, 0.6) is 23.0 Å². The van der Waals surface area contributed by atoms with E-state index in [1.807, 2.05) is 6.92 Å². The predicted octanol–water partition coefficient (Wildman–Crippen LogP) is 2.12. The number of fused-ring (bicyclic) bond motifs is 9. The van der Waals surface area contributed by atoms with E-state index in [1.165, 1.54) is 12.1 Å². The second-order valence-electron chi connectivity index (χ2n) is 11.6. The van der Waals surface area contributed by atoms with Crippen molar-refractivity contribution in [1.29, 1.82) is 0 Å². The lowest BCUT2D eigenvalue weighted by atomic mass is 9.94. The van der Waals surface area contributed by atoms with Crippen LogP contribution in [0.2, 0.25) is 0 Å². The minimum atomic E-state index is -1.31. The fourth-order valence-electron chi connectivity index (χ4n) is 5.54. The Labute approximate surface area is 259 Å². The Hall–Kier alpha value is -5.10. The molecule has 0 radical (unpaired) electrons. The number of aromatic hydroxyl groups is 2. The number of ether oxygens (including phenoxy) is 1. The summed E-state index contributed by atoms with van der Waals surface area (Å²) in [6.45, 7) is 3.64. The van der Waals surface area contributed by atoms with Gasteiger partial charge in [-0.15, -0.1) is 0 Å². The molecule has 45 heavy (non-hydrogen) atoms. The van der Waals surface area contributed by atoms with E-state index in [9.17, 15) is 34.5 Å². The number of phenolic OH excluding ortho intramolecular Hbond substituents is 2. The number of carboxylic acids is 1. The Bertz CT molecular complexity index is 1640. The first-order valence-corrected chi connectivity index (χ1v) is 14.8. The van der Waals surface area contributed by atoms with Gasteiger partial charge in [-0.3, -0.25) is 14.4 Å². The highest BCUT2D eigenvalue weighted by Crippen LogP contribution is 2.44. The van der Waals surface area contributed by atoms with E-state index < -0.39 is 47.9 Å². The van der Waals surface area contributed by atoms with Gasteiger partial charge in [0.1, 0.15) is 29.6 Å². The first-order valence-electron chi connectivity index (χ1n) is 14.8. The van der Waals surface area contributed by atoms with Crippen molar-refractivity contribution in [2.24, 2.45) is 11.7 Å². The van der Waals surface area contributed by atoms with Gasteiger partial charge in [0.25, 0.3) is 0 Å². The molecule has 236 valence electrons. The van der Waals surface area contributed by atoms with Crippen molar-refractivity contribution in [1.82, 2.24) is 16.0 Å². The first-order chi connectivity index (χ1) is 21.4. The first kappa shape index (κ1) is 31.3. The normalized spacial score (nSPS) is 22.6. The number of carboxylic acid groups (broad SMARTS) is 1. The van der Waals surface area contributed by atoms with Gasteiger partial charge in [0.05, 0.1) is 6.04 Å². The number of nitrogens with one attached hydrogen (secondary N) is 3. The molecule has 3 aliphatic heterocycles. The molecule has 0 aromatic heterocycles. The van der Waals surface area contributed by atoms with Crippen molar-refractivity contribution in [2.45, 2.75) is 63.7 Å². The zero-order chi connectivity index (χ0) is 32.4. The van der Waals surface area contributed by atoms with Crippen LogP contribution < -0.4 is 26.4 Å². The van der Waals surface area contributed by atoms with Gasteiger partial charge in [0.2, 0.25) is 17.7 Å². The number of carbonyl (C=O) groups is 4. The molecule has 12 nitrogen and oxygen atoms in total. The second-order valence-corrected chi connectivity index (χ2v) is 11.6. The number of carbonyl (C=O) groups excluding carboxylic acids is 3. The maximum atomic E-state index is 13.7. The summed E-state index contributed by atoms with van der Waals surface area (Å²) in [5.74, 6) is -3.67. The number of rotatable bonds is 3. The molecule has 0 fully saturated rings. The monoisotopic (exact) mass is 616 g/mol. The molecule has 0 aliphatic carbocycles. The molecule has 3 amide bonds. The third-order valence-corrected chi connectivity index (χ3v) is 8.35. The SMILES string of the molecule is CC[C@@H](C)[C@@H]1NC(=O)[C@@H](N)Cc2ccc(O)c(c2)-c2cc3cc(c2O)Oc2ccc(cc2)C[C@H](C(=O)O)NC(=O)[C@H](C3)NC1=O. The molecular formula is C33H36N4O8. The molecular weight excluding hydrogens is 580 g/mol. The maximum absolute atomic E-state index is 13.7. The third-order valence-electron chi connectivity index (χ3n) is 8.35. The number of phenols is 2. The Kier molecular flexibility index (Phi) is 8.96. The molecule has 0 spiro atoms. The van der Waals surface area contributed by atoms with E-state index in [-0.39, 0.29) is 53.6 Å². The maximum Gasteiger partial charge on any atom is 0.326 e. The Morgan fingerprint density at radius 1 is 0.867 bits per heavy atom. The van der Waals surface area contributed by atoms with Crippen LogP contribution in [0.25, 0.3) is 11.1 Å². The van der Waals surface area contributed by atoms with Gasteiger partial charge in [-0.2, -0.15) is 0 Å². The van der Waals surface area contributed by atoms with Crippen molar-refractivity contribution < 1.29 is 39.2 Å². The van der Waals surface area contributed by atoms with Gasteiger partial charge in [-0.05, 0) is 65.4 Å². The second kappa shape index (κ2) is 12.9. The van der Waals surface area contributed by atoms with Crippen molar-refractivity contribution >= 4 is 23.7 Å². The number of hydrogen-bond acceptors (Lipinski definition) is 8. The highest BCUT2D eigenvalue weighted by atomic mass is 16.5. The summed E-state index contributed by atoms with van der Waals surface area (Å²) in [7, 11) is 0.